The van der Waals surface area contributed by atoms with Crippen LogP contribution in [0.15, 0.2) is 11.1 Å². The Morgan fingerprint density at radius 1 is 1.56 bits per heavy atom. The third-order valence-corrected chi connectivity index (χ3v) is 3.05. The molecule has 0 aliphatic carbocycles. The number of carbonyl (C=O) groups excluding carboxylic acids is 2. The molecule has 1 rings (SSSR count). The number of rotatable bonds is 5. The van der Waals surface area contributed by atoms with Gasteiger partial charge in [0.1, 0.15) is 6.29 Å². The second kappa shape index (κ2) is 5.80. The lowest BCUT2D eigenvalue weighted by Crippen LogP contribution is -2.37. The summed E-state index contributed by atoms with van der Waals surface area (Å²) in [4.78, 5) is 24.6. The highest BCUT2D eigenvalue weighted by molar-refractivity contribution is 5.96. The van der Waals surface area contributed by atoms with Gasteiger partial charge in [-0.25, -0.2) is 0 Å². The van der Waals surface area contributed by atoms with Crippen molar-refractivity contribution in [2.45, 2.75) is 19.8 Å². The van der Waals surface area contributed by atoms with Gasteiger partial charge in [0.2, 0.25) is 0 Å². The molecule has 0 spiro atoms. The van der Waals surface area contributed by atoms with E-state index in [4.69, 9.17) is 4.74 Å². The van der Waals surface area contributed by atoms with Crippen LogP contribution in [-0.2, 0) is 14.3 Å². The quantitative estimate of drug-likeness (QED) is 0.656. The standard InChI is InChI=1S/C12H19NO3/c1-4-9(7-14)10-5-6-13(2)12(15)11(10)8-16-3/h7,9H,4-6,8H2,1-3H3. The first-order valence-electron chi connectivity index (χ1n) is 5.57. The summed E-state index contributed by atoms with van der Waals surface area (Å²) >= 11 is 0. The van der Waals surface area contributed by atoms with Crippen molar-refractivity contribution in [3.05, 3.63) is 11.1 Å². The normalized spacial score (nSPS) is 18.9. The highest BCUT2D eigenvalue weighted by atomic mass is 16.5. The number of hydrogen-bond acceptors (Lipinski definition) is 3. The van der Waals surface area contributed by atoms with E-state index in [9.17, 15) is 9.59 Å². The highest BCUT2D eigenvalue weighted by Gasteiger charge is 2.27. The predicted octanol–water partition coefficient (Wildman–Crippen LogP) is 1.02. The number of methoxy groups -OCH3 is 1. The van der Waals surface area contributed by atoms with Gasteiger partial charge in [0.25, 0.3) is 5.91 Å². The number of likely N-dealkylation sites (N-methyl/N-ethyl adjacent to an activating group) is 1. The second-order valence-corrected chi connectivity index (χ2v) is 4.06. The van der Waals surface area contributed by atoms with Crippen molar-refractivity contribution in [2.24, 2.45) is 5.92 Å². The first-order chi connectivity index (χ1) is 7.65. The van der Waals surface area contributed by atoms with Gasteiger partial charge in [0.05, 0.1) is 6.61 Å². The first-order valence-corrected chi connectivity index (χ1v) is 5.57. The van der Waals surface area contributed by atoms with Crippen LogP contribution in [0.25, 0.3) is 0 Å². The third-order valence-electron chi connectivity index (χ3n) is 3.05. The number of amides is 1. The average Bonchev–Trinajstić information content (AvgIpc) is 2.29. The summed E-state index contributed by atoms with van der Waals surface area (Å²) in [6.45, 7) is 2.94. The number of aldehydes is 1. The molecule has 0 radical (unpaired) electrons. The van der Waals surface area contributed by atoms with E-state index in [1.54, 1.807) is 19.1 Å². The molecular weight excluding hydrogens is 206 g/mol. The molecule has 90 valence electrons. The van der Waals surface area contributed by atoms with E-state index in [-0.39, 0.29) is 11.8 Å². The van der Waals surface area contributed by atoms with Crippen LogP contribution >= 0.6 is 0 Å². The highest BCUT2D eigenvalue weighted by Crippen LogP contribution is 2.26. The summed E-state index contributed by atoms with van der Waals surface area (Å²) in [5, 5.41) is 0. The molecule has 0 aromatic rings. The molecule has 0 fully saturated rings. The van der Waals surface area contributed by atoms with Gasteiger partial charge in [-0.2, -0.15) is 0 Å². The van der Waals surface area contributed by atoms with E-state index < -0.39 is 0 Å². The van der Waals surface area contributed by atoms with Gasteiger partial charge in [-0.1, -0.05) is 6.92 Å². The minimum absolute atomic E-state index is 0.0107. The summed E-state index contributed by atoms with van der Waals surface area (Å²) in [5.74, 6) is -0.147. The molecule has 1 amide bonds. The van der Waals surface area contributed by atoms with Gasteiger partial charge in [-0.05, 0) is 18.4 Å². The SMILES string of the molecule is CCC(C=O)C1=C(COC)C(=O)N(C)CC1. The molecule has 1 heterocycles. The Kier molecular flexibility index (Phi) is 4.68. The maximum Gasteiger partial charge on any atom is 0.251 e. The third kappa shape index (κ3) is 2.50. The molecule has 16 heavy (non-hydrogen) atoms. The van der Waals surface area contributed by atoms with Crippen LogP contribution in [-0.4, -0.2) is 44.4 Å². The number of ether oxygens (including phenoxy) is 1. The van der Waals surface area contributed by atoms with Gasteiger partial charge in [-0.3, -0.25) is 4.79 Å². The number of nitrogens with zero attached hydrogens (tertiary/aromatic N) is 1. The van der Waals surface area contributed by atoms with Crippen molar-refractivity contribution >= 4 is 12.2 Å². The van der Waals surface area contributed by atoms with E-state index in [1.165, 1.54) is 0 Å². The lowest BCUT2D eigenvalue weighted by Gasteiger charge is -2.29. The summed E-state index contributed by atoms with van der Waals surface area (Å²) in [5.41, 5.74) is 1.62. The molecular formula is C12H19NO3. The lowest BCUT2D eigenvalue weighted by atomic mass is 9.88. The molecule has 4 nitrogen and oxygen atoms in total. The van der Waals surface area contributed by atoms with Crippen LogP contribution in [0.1, 0.15) is 19.8 Å². The van der Waals surface area contributed by atoms with Crippen molar-refractivity contribution in [1.29, 1.82) is 0 Å². The number of hydrogen-bond donors (Lipinski definition) is 0. The van der Waals surface area contributed by atoms with E-state index >= 15 is 0 Å². The molecule has 1 unspecified atom stereocenters. The van der Waals surface area contributed by atoms with E-state index in [0.717, 1.165) is 24.7 Å². The molecule has 1 atom stereocenters. The average molecular weight is 225 g/mol. The Labute approximate surface area is 96.3 Å². The van der Waals surface area contributed by atoms with Gasteiger partial charge in [-0.15, -0.1) is 0 Å². The molecule has 0 aromatic heterocycles. The minimum atomic E-state index is -0.136. The summed E-state index contributed by atoms with van der Waals surface area (Å²) in [6, 6.07) is 0. The van der Waals surface area contributed by atoms with Crippen molar-refractivity contribution in [2.75, 3.05) is 27.3 Å². The fourth-order valence-corrected chi connectivity index (χ4v) is 2.04. The topological polar surface area (TPSA) is 46.6 Å². The predicted molar refractivity (Wildman–Crippen MR) is 61.0 cm³/mol. The van der Waals surface area contributed by atoms with Crippen LogP contribution in [0.4, 0.5) is 0 Å². The smallest absolute Gasteiger partial charge is 0.251 e. The molecule has 4 heteroatoms. The lowest BCUT2D eigenvalue weighted by molar-refractivity contribution is -0.127. The van der Waals surface area contributed by atoms with Gasteiger partial charge < -0.3 is 14.4 Å². The Bertz CT molecular complexity index is 309. The van der Waals surface area contributed by atoms with Crippen LogP contribution < -0.4 is 0 Å². The maximum absolute atomic E-state index is 11.9. The van der Waals surface area contributed by atoms with E-state index in [1.807, 2.05) is 6.92 Å². The van der Waals surface area contributed by atoms with Crippen molar-refractivity contribution in [3.63, 3.8) is 0 Å². The maximum atomic E-state index is 11.9. The molecule has 0 saturated heterocycles. The summed E-state index contributed by atoms with van der Waals surface area (Å²) in [7, 11) is 3.34. The molecule has 0 aromatic carbocycles. The van der Waals surface area contributed by atoms with Crippen LogP contribution in [0.3, 0.4) is 0 Å². The van der Waals surface area contributed by atoms with Crippen molar-refractivity contribution in [1.82, 2.24) is 4.90 Å². The van der Waals surface area contributed by atoms with E-state index in [0.29, 0.717) is 18.7 Å². The van der Waals surface area contributed by atoms with E-state index in [2.05, 4.69) is 0 Å². The zero-order valence-corrected chi connectivity index (χ0v) is 10.2. The minimum Gasteiger partial charge on any atom is -0.380 e. The fraction of sp³-hybridized carbons (Fsp3) is 0.667. The fourth-order valence-electron chi connectivity index (χ4n) is 2.04. The second-order valence-electron chi connectivity index (χ2n) is 4.06. The Balaban J connectivity index is 3.06. The van der Waals surface area contributed by atoms with Crippen molar-refractivity contribution < 1.29 is 14.3 Å². The Hall–Kier alpha value is -1.16. The van der Waals surface area contributed by atoms with Gasteiger partial charge in [0.15, 0.2) is 0 Å². The largest absolute Gasteiger partial charge is 0.380 e. The first kappa shape index (κ1) is 12.9. The molecule has 0 saturated carbocycles. The number of carbonyl (C=O) groups is 2. The molecule has 0 bridgehead atoms. The molecule has 1 aliphatic heterocycles. The Morgan fingerprint density at radius 2 is 2.25 bits per heavy atom. The van der Waals surface area contributed by atoms with Crippen LogP contribution in [0, 0.1) is 5.92 Å². The monoisotopic (exact) mass is 225 g/mol. The van der Waals surface area contributed by atoms with Gasteiger partial charge >= 0.3 is 0 Å². The zero-order valence-electron chi connectivity index (χ0n) is 10.2. The Morgan fingerprint density at radius 3 is 2.75 bits per heavy atom. The summed E-state index contributed by atoms with van der Waals surface area (Å²) in [6.07, 6.45) is 2.45. The van der Waals surface area contributed by atoms with Crippen LogP contribution in [0.2, 0.25) is 0 Å². The van der Waals surface area contributed by atoms with Crippen LogP contribution in [0.5, 0.6) is 0 Å². The molecule has 0 N–H and O–H groups in total. The van der Waals surface area contributed by atoms with Crippen molar-refractivity contribution in [3.8, 4) is 0 Å². The summed E-state index contributed by atoms with van der Waals surface area (Å²) < 4.78 is 5.05. The molecule has 1 aliphatic rings. The zero-order chi connectivity index (χ0) is 12.1. The van der Waals surface area contributed by atoms with Gasteiger partial charge in [0, 0.05) is 32.2 Å².